The monoisotopic (exact) mass is 237 g/mol. The fourth-order valence-corrected chi connectivity index (χ4v) is 2.99. The lowest BCUT2D eigenvalue weighted by atomic mass is 10.2. The molecule has 4 heteroatoms. The molecule has 2 bridgehead atoms. The highest BCUT2D eigenvalue weighted by Crippen LogP contribution is 2.30. The fourth-order valence-electron chi connectivity index (χ4n) is 2.88. The molecule has 2 fully saturated rings. The van der Waals surface area contributed by atoms with E-state index in [1.54, 1.807) is 0 Å². The van der Waals surface area contributed by atoms with Gasteiger partial charge in [-0.1, -0.05) is 17.7 Å². The van der Waals surface area contributed by atoms with Crippen LogP contribution in [0.1, 0.15) is 12.0 Å². The van der Waals surface area contributed by atoms with Crippen LogP contribution in [0.2, 0.25) is 5.15 Å². The molecule has 3 nitrogen and oxygen atoms in total. The summed E-state index contributed by atoms with van der Waals surface area (Å²) in [6, 6.07) is 5.46. The number of fused-ring (bicyclic) bond motifs is 2. The lowest BCUT2D eigenvalue weighted by molar-refractivity contribution is 0.143. The van der Waals surface area contributed by atoms with Crippen molar-refractivity contribution in [3.8, 4) is 0 Å². The van der Waals surface area contributed by atoms with Crippen LogP contribution in [0.4, 0.5) is 0 Å². The summed E-state index contributed by atoms with van der Waals surface area (Å²) in [4.78, 5) is 9.17. The van der Waals surface area contributed by atoms with Crippen molar-refractivity contribution in [3.63, 3.8) is 0 Å². The molecule has 0 saturated carbocycles. The van der Waals surface area contributed by atoms with E-state index in [0.717, 1.165) is 18.6 Å². The molecule has 86 valence electrons. The Bertz CT molecular complexity index is 376. The largest absolute Gasteiger partial charge is 0.301 e. The standard InChI is InChI=1S/C12H16ClN3/c1-15-7-11-4-10(15)8-16(11)6-9-2-3-12(13)14-5-9/h2-3,5,10-11H,4,6-8H2,1H3/t10-,11-/m0/s1. The summed E-state index contributed by atoms with van der Waals surface area (Å²) in [5.74, 6) is 0. The van der Waals surface area contributed by atoms with E-state index in [1.807, 2.05) is 12.3 Å². The van der Waals surface area contributed by atoms with Gasteiger partial charge in [0.25, 0.3) is 0 Å². The maximum absolute atomic E-state index is 5.78. The Morgan fingerprint density at radius 1 is 1.38 bits per heavy atom. The van der Waals surface area contributed by atoms with Crippen LogP contribution in [0.25, 0.3) is 0 Å². The van der Waals surface area contributed by atoms with Crippen LogP contribution >= 0.6 is 11.6 Å². The van der Waals surface area contributed by atoms with Crippen LogP contribution in [-0.2, 0) is 6.54 Å². The second-order valence-corrected chi connectivity index (χ2v) is 5.29. The fraction of sp³-hybridized carbons (Fsp3) is 0.583. The number of hydrogen-bond donors (Lipinski definition) is 0. The quantitative estimate of drug-likeness (QED) is 0.729. The van der Waals surface area contributed by atoms with Gasteiger partial charge in [-0.2, -0.15) is 0 Å². The molecule has 0 spiro atoms. The van der Waals surface area contributed by atoms with E-state index in [9.17, 15) is 0 Å². The highest BCUT2D eigenvalue weighted by molar-refractivity contribution is 6.29. The van der Waals surface area contributed by atoms with E-state index in [-0.39, 0.29) is 0 Å². The van der Waals surface area contributed by atoms with Crippen LogP contribution < -0.4 is 0 Å². The third-order valence-corrected chi connectivity index (χ3v) is 4.03. The van der Waals surface area contributed by atoms with Crippen molar-refractivity contribution in [3.05, 3.63) is 29.0 Å². The molecule has 2 aliphatic heterocycles. The average molecular weight is 238 g/mol. The van der Waals surface area contributed by atoms with Gasteiger partial charge >= 0.3 is 0 Å². The van der Waals surface area contributed by atoms with E-state index in [2.05, 4.69) is 27.9 Å². The van der Waals surface area contributed by atoms with E-state index < -0.39 is 0 Å². The molecule has 3 rings (SSSR count). The molecule has 2 saturated heterocycles. The van der Waals surface area contributed by atoms with E-state index in [0.29, 0.717) is 5.15 Å². The van der Waals surface area contributed by atoms with Crippen LogP contribution in [-0.4, -0.2) is 47.0 Å². The van der Waals surface area contributed by atoms with Crippen LogP contribution in [0.5, 0.6) is 0 Å². The zero-order chi connectivity index (χ0) is 11.1. The van der Waals surface area contributed by atoms with Gasteiger partial charge in [0.15, 0.2) is 0 Å². The Balaban J connectivity index is 1.66. The molecule has 16 heavy (non-hydrogen) atoms. The first-order valence-corrected chi connectivity index (χ1v) is 6.15. The Morgan fingerprint density at radius 3 is 2.81 bits per heavy atom. The molecular weight excluding hydrogens is 222 g/mol. The van der Waals surface area contributed by atoms with Gasteiger partial charge in [0, 0.05) is 37.9 Å². The van der Waals surface area contributed by atoms with Crippen LogP contribution in [0.3, 0.4) is 0 Å². The van der Waals surface area contributed by atoms with Crippen LogP contribution in [0.15, 0.2) is 18.3 Å². The SMILES string of the molecule is CN1C[C@@H]2C[C@H]1CN2Cc1ccc(Cl)nc1. The van der Waals surface area contributed by atoms with Gasteiger partial charge in [-0.15, -0.1) is 0 Å². The number of pyridine rings is 1. The Hall–Kier alpha value is -0.640. The molecule has 2 aliphatic rings. The Morgan fingerprint density at radius 2 is 2.25 bits per heavy atom. The van der Waals surface area contributed by atoms with Gasteiger partial charge < -0.3 is 4.90 Å². The minimum atomic E-state index is 0.575. The van der Waals surface area contributed by atoms with Crippen molar-refractivity contribution in [1.29, 1.82) is 0 Å². The third kappa shape index (κ3) is 1.83. The van der Waals surface area contributed by atoms with Crippen molar-refractivity contribution < 1.29 is 0 Å². The van der Waals surface area contributed by atoms with E-state index in [4.69, 9.17) is 11.6 Å². The molecule has 0 amide bonds. The molecule has 2 atom stereocenters. The predicted octanol–water partition coefficient (Wildman–Crippen LogP) is 1.62. The molecular formula is C12H16ClN3. The normalized spacial score (nSPS) is 30.1. The molecule has 3 heterocycles. The molecule has 0 unspecified atom stereocenters. The molecule has 0 radical (unpaired) electrons. The number of nitrogens with zero attached hydrogens (tertiary/aromatic N) is 3. The minimum absolute atomic E-state index is 0.575. The first-order valence-electron chi connectivity index (χ1n) is 5.77. The summed E-state index contributed by atoms with van der Waals surface area (Å²) in [6.45, 7) is 3.43. The summed E-state index contributed by atoms with van der Waals surface area (Å²) in [5.41, 5.74) is 1.26. The van der Waals surface area contributed by atoms with Gasteiger partial charge in [-0.3, -0.25) is 4.90 Å². The number of rotatable bonds is 2. The highest BCUT2D eigenvalue weighted by atomic mass is 35.5. The number of hydrogen-bond acceptors (Lipinski definition) is 3. The maximum Gasteiger partial charge on any atom is 0.129 e. The lowest BCUT2D eigenvalue weighted by Crippen LogP contribution is -2.43. The number of halogens is 1. The van der Waals surface area contributed by atoms with Crippen molar-refractivity contribution >= 4 is 11.6 Å². The average Bonchev–Trinajstić information content (AvgIpc) is 2.80. The van der Waals surface area contributed by atoms with Crippen LogP contribution in [0, 0.1) is 0 Å². The zero-order valence-electron chi connectivity index (χ0n) is 9.43. The Kier molecular flexibility index (Phi) is 2.62. The van der Waals surface area contributed by atoms with Gasteiger partial charge in [0.1, 0.15) is 5.15 Å². The highest BCUT2D eigenvalue weighted by Gasteiger charge is 2.40. The van der Waals surface area contributed by atoms with Gasteiger partial charge in [0.2, 0.25) is 0 Å². The lowest BCUT2D eigenvalue weighted by Gasteiger charge is -2.31. The smallest absolute Gasteiger partial charge is 0.129 e. The van der Waals surface area contributed by atoms with E-state index in [1.165, 1.54) is 25.1 Å². The number of piperazine rings is 1. The van der Waals surface area contributed by atoms with Gasteiger partial charge in [-0.05, 0) is 25.1 Å². The summed E-state index contributed by atoms with van der Waals surface area (Å²) in [7, 11) is 2.23. The minimum Gasteiger partial charge on any atom is -0.301 e. The summed E-state index contributed by atoms with van der Waals surface area (Å²) in [6.07, 6.45) is 3.22. The molecule has 0 aromatic carbocycles. The summed E-state index contributed by atoms with van der Waals surface area (Å²) >= 11 is 5.78. The zero-order valence-corrected chi connectivity index (χ0v) is 10.2. The maximum atomic E-state index is 5.78. The summed E-state index contributed by atoms with van der Waals surface area (Å²) < 4.78 is 0. The van der Waals surface area contributed by atoms with E-state index >= 15 is 0 Å². The van der Waals surface area contributed by atoms with Crippen molar-refractivity contribution in [2.24, 2.45) is 0 Å². The van der Waals surface area contributed by atoms with Crippen molar-refractivity contribution in [2.45, 2.75) is 25.0 Å². The first-order chi connectivity index (χ1) is 7.72. The topological polar surface area (TPSA) is 19.4 Å². The third-order valence-electron chi connectivity index (χ3n) is 3.80. The molecule has 0 aliphatic carbocycles. The van der Waals surface area contributed by atoms with Crippen molar-refractivity contribution in [2.75, 3.05) is 20.1 Å². The first kappa shape index (κ1) is 10.5. The molecule has 1 aromatic rings. The number of aromatic nitrogens is 1. The summed E-state index contributed by atoms with van der Waals surface area (Å²) in [5, 5.41) is 0.575. The molecule has 0 N–H and O–H groups in total. The van der Waals surface area contributed by atoms with Gasteiger partial charge in [0.05, 0.1) is 0 Å². The second-order valence-electron chi connectivity index (χ2n) is 4.90. The number of likely N-dealkylation sites (tertiary alicyclic amines) is 2. The second kappa shape index (κ2) is 3.99. The predicted molar refractivity (Wildman–Crippen MR) is 64.5 cm³/mol. The molecule has 1 aromatic heterocycles. The van der Waals surface area contributed by atoms with Crippen molar-refractivity contribution in [1.82, 2.24) is 14.8 Å². The van der Waals surface area contributed by atoms with Gasteiger partial charge in [-0.25, -0.2) is 4.98 Å². The Labute approximate surface area is 101 Å². The number of likely N-dealkylation sites (N-methyl/N-ethyl adjacent to an activating group) is 1.